The van der Waals surface area contributed by atoms with Crippen LogP contribution in [0.3, 0.4) is 0 Å². The molecule has 1 aliphatic carbocycles. The molecule has 0 bridgehead atoms. The third-order valence-electron chi connectivity index (χ3n) is 3.39. The van der Waals surface area contributed by atoms with Gasteiger partial charge in [0.05, 0.1) is 6.54 Å². The predicted molar refractivity (Wildman–Crippen MR) is 72.5 cm³/mol. The normalized spacial score (nSPS) is 22.6. The predicted octanol–water partition coefficient (Wildman–Crippen LogP) is 2.10. The van der Waals surface area contributed by atoms with Crippen LogP contribution >= 0.6 is 12.4 Å². The van der Waals surface area contributed by atoms with E-state index in [0.717, 1.165) is 30.8 Å². The van der Waals surface area contributed by atoms with Crippen LogP contribution in [0.5, 0.6) is 0 Å². The first-order valence-corrected chi connectivity index (χ1v) is 6.12. The highest BCUT2D eigenvalue weighted by Gasteiger charge is 2.29. The lowest BCUT2D eigenvalue weighted by Gasteiger charge is -2.19. The monoisotopic (exact) mass is 272 g/mol. The van der Waals surface area contributed by atoms with E-state index in [1.165, 1.54) is 0 Å². The summed E-state index contributed by atoms with van der Waals surface area (Å²) >= 11 is 0. The second-order valence-corrected chi connectivity index (χ2v) is 4.98. The Hall–Kier alpha value is -1.00. The highest BCUT2D eigenvalue weighted by molar-refractivity contribution is 5.85. The van der Waals surface area contributed by atoms with Gasteiger partial charge in [0.1, 0.15) is 11.5 Å². The molecule has 1 heterocycles. The van der Waals surface area contributed by atoms with Crippen LogP contribution in [0.2, 0.25) is 0 Å². The number of furan rings is 1. The summed E-state index contributed by atoms with van der Waals surface area (Å²) < 4.78 is 5.47. The number of carbonyl (C=O) groups excluding carboxylic acids is 1. The second kappa shape index (κ2) is 6.25. The average Bonchev–Trinajstić information content (AvgIpc) is 2.87. The van der Waals surface area contributed by atoms with Crippen LogP contribution in [0.4, 0.5) is 0 Å². The molecule has 0 radical (unpaired) electrons. The van der Waals surface area contributed by atoms with Crippen molar-refractivity contribution >= 4 is 18.3 Å². The molecule has 1 saturated carbocycles. The minimum Gasteiger partial charge on any atom is -0.464 e. The van der Waals surface area contributed by atoms with E-state index >= 15 is 0 Å². The molecule has 2 N–H and O–H groups in total. The molecular formula is C13H21ClN2O2. The van der Waals surface area contributed by atoms with Gasteiger partial charge in [-0.15, -0.1) is 12.4 Å². The third kappa shape index (κ3) is 3.50. The Morgan fingerprint density at radius 3 is 2.72 bits per heavy atom. The van der Waals surface area contributed by atoms with Gasteiger partial charge in [-0.1, -0.05) is 0 Å². The highest BCUT2D eigenvalue weighted by atomic mass is 35.5. The van der Waals surface area contributed by atoms with Crippen LogP contribution in [0.1, 0.15) is 30.8 Å². The fraction of sp³-hybridized carbons (Fsp3) is 0.615. The minimum atomic E-state index is 0. The molecule has 0 aromatic carbocycles. The van der Waals surface area contributed by atoms with Crippen molar-refractivity contribution in [2.45, 2.75) is 38.8 Å². The lowest BCUT2D eigenvalue weighted by atomic mass is 10.1. The topological polar surface area (TPSA) is 59.5 Å². The van der Waals surface area contributed by atoms with Crippen LogP contribution in [0.25, 0.3) is 0 Å². The molecule has 4 nitrogen and oxygen atoms in total. The third-order valence-corrected chi connectivity index (χ3v) is 3.39. The van der Waals surface area contributed by atoms with E-state index in [4.69, 9.17) is 10.2 Å². The van der Waals surface area contributed by atoms with E-state index in [0.29, 0.717) is 6.54 Å². The molecule has 0 spiro atoms. The smallest absolute Gasteiger partial charge is 0.225 e. The summed E-state index contributed by atoms with van der Waals surface area (Å²) in [4.78, 5) is 13.9. The molecule has 1 fully saturated rings. The van der Waals surface area contributed by atoms with Crippen molar-refractivity contribution in [2.24, 2.45) is 11.7 Å². The number of carbonyl (C=O) groups is 1. The van der Waals surface area contributed by atoms with Gasteiger partial charge in [0.2, 0.25) is 5.91 Å². The molecule has 1 aromatic rings. The minimum absolute atomic E-state index is 0. The maximum Gasteiger partial charge on any atom is 0.225 e. The summed E-state index contributed by atoms with van der Waals surface area (Å²) in [5.74, 6) is 2.00. The molecule has 2 rings (SSSR count). The number of halogens is 1. The van der Waals surface area contributed by atoms with Gasteiger partial charge < -0.3 is 15.1 Å². The zero-order valence-electron chi connectivity index (χ0n) is 10.9. The molecule has 1 amide bonds. The summed E-state index contributed by atoms with van der Waals surface area (Å²) in [5.41, 5.74) is 5.83. The van der Waals surface area contributed by atoms with Gasteiger partial charge in [0, 0.05) is 19.0 Å². The summed E-state index contributed by atoms with van der Waals surface area (Å²) in [6.45, 7) is 2.44. The Morgan fingerprint density at radius 1 is 1.50 bits per heavy atom. The standard InChI is InChI=1S/C13H20N2O2.ClH/c1-9-3-6-12(17-9)8-15(2)13(16)10-4-5-11(14)7-10;/h3,6,10-11H,4-5,7-8,14H2,1-2H3;1H. The number of nitrogens with two attached hydrogens (primary N) is 1. The van der Waals surface area contributed by atoms with E-state index in [1.54, 1.807) is 4.90 Å². The SMILES string of the molecule is Cc1ccc(CN(C)C(=O)C2CCC(N)C2)o1.Cl. The van der Waals surface area contributed by atoms with Gasteiger partial charge >= 0.3 is 0 Å². The van der Waals surface area contributed by atoms with Crippen LogP contribution in [0, 0.1) is 12.8 Å². The number of amides is 1. The Balaban J connectivity index is 0.00000162. The van der Waals surface area contributed by atoms with E-state index in [2.05, 4.69) is 0 Å². The van der Waals surface area contributed by atoms with Crippen molar-refractivity contribution < 1.29 is 9.21 Å². The van der Waals surface area contributed by atoms with Crippen LogP contribution in [0.15, 0.2) is 16.5 Å². The molecular weight excluding hydrogens is 252 g/mol. The van der Waals surface area contributed by atoms with E-state index < -0.39 is 0 Å². The van der Waals surface area contributed by atoms with Crippen molar-refractivity contribution in [2.75, 3.05) is 7.05 Å². The largest absolute Gasteiger partial charge is 0.464 e. The fourth-order valence-electron chi connectivity index (χ4n) is 2.43. The molecule has 102 valence electrons. The molecule has 1 aromatic heterocycles. The van der Waals surface area contributed by atoms with Crippen molar-refractivity contribution in [3.05, 3.63) is 23.7 Å². The Bertz CT molecular complexity index is 405. The van der Waals surface area contributed by atoms with E-state index in [1.807, 2.05) is 26.1 Å². The molecule has 5 heteroatoms. The number of hydrogen-bond donors (Lipinski definition) is 1. The van der Waals surface area contributed by atoms with Crippen LogP contribution in [-0.4, -0.2) is 23.9 Å². The number of hydrogen-bond acceptors (Lipinski definition) is 3. The molecule has 2 unspecified atom stereocenters. The van der Waals surface area contributed by atoms with Gasteiger partial charge in [0.25, 0.3) is 0 Å². The fourth-order valence-corrected chi connectivity index (χ4v) is 2.43. The van der Waals surface area contributed by atoms with Crippen molar-refractivity contribution in [1.82, 2.24) is 4.90 Å². The van der Waals surface area contributed by atoms with E-state index in [-0.39, 0.29) is 30.3 Å². The number of nitrogens with zero attached hydrogens (tertiary/aromatic N) is 1. The maximum atomic E-state index is 12.1. The van der Waals surface area contributed by atoms with Gasteiger partial charge in [-0.3, -0.25) is 4.79 Å². The zero-order valence-corrected chi connectivity index (χ0v) is 11.7. The first kappa shape index (κ1) is 15.1. The first-order chi connectivity index (χ1) is 8.06. The van der Waals surface area contributed by atoms with E-state index in [9.17, 15) is 4.79 Å². The summed E-state index contributed by atoms with van der Waals surface area (Å²) in [7, 11) is 1.82. The van der Waals surface area contributed by atoms with Crippen molar-refractivity contribution in [3.63, 3.8) is 0 Å². The maximum absolute atomic E-state index is 12.1. The average molecular weight is 273 g/mol. The quantitative estimate of drug-likeness (QED) is 0.917. The molecule has 2 atom stereocenters. The van der Waals surface area contributed by atoms with Gasteiger partial charge in [-0.25, -0.2) is 0 Å². The van der Waals surface area contributed by atoms with Crippen molar-refractivity contribution in [3.8, 4) is 0 Å². The van der Waals surface area contributed by atoms with Gasteiger partial charge in [-0.2, -0.15) is 0 Å². The van der Waals surface area contributed by atoms with Crippen LogP contribution < -0.4 is 5.73 Å². The molecule has 1 aliphatic rings. The Kier molecular flexibility index (Phi) is 5.23. The number of aryl methyl sites for hydroxylation is 1. The number of rotatable bonds is 3. The summed E-state index contributed by atoms with van der Waals surface area (Å²) in [5, 5.41) is 0. The summed E-state index contributed by atoms with van der Waals surface area (Å²) in [6, 6.07) is 4.03. The Morgan fingerprint density at radius 2 is 2.22 bits per heavy atom. The molecule has 0 saturated heterocycles. The molecule has 0 aliphatic heterocycles. The Labute approximate surface area is 114 Å². The van der Waals surface area contributed by atoms with Crippen LogP contribution in [-0.2, 0) is 11.3 Å². The summed E-state index contributed by atoms with van der Waals surface area (Å²) in [6.07, 6.45) is 2.70. The first-order valence-electron chi connectivity index (χ1n) is 6.12. The lowest BCUT2D eigenvalue weighted by molar-refractivity contribution is -0.134. The van der Waals surface area contributed by atoms with Gasteiger partial charge in [-0.05, 0) is 38.3 Å². The lowest BCUT2D eigenvalue weighted by Crippen LogP contribution is -2.32. The highest BCUT2D eigenvalue weighted by Crippen LogP contribution is 2.26. The zero-order chi connectivity index (χ0) is 12.4. The molecule has 18 heavy (non-hydrogen) atoms. The van der Waals surface area contributed by atoms with Gasteiger partial charge in [0.15, 0.2) is 0 Å². The van der Waals surface area contributed by atoms with Crippen molar-refractivity contribution in [1.29, 1.82) is 0 Å². The second-order valence-electron chi connectivity index (χ2n) is 4.98.